The lowest BCUT2D eigenvalue weighted by molar-refractivity contribution is -0.125. The largest absolute Gasteiger partial charge is 0.355 e. The van der Waals surface area contributed by atoms with Gasteiger partial charge >= 0.3 is 0 Å². The normalized spacial score (nSPS) is 17.7. The maximum absolute atomic E-state index is 12.1. The zero-order valence-corrected chi connectivity index (χ0v) is 15.1. The lowest BCUT2D eigenvalue weighted by atomic mass is 10.0. The molecule has 0 aromatic heterocycles. The molecule has 1 fully saturated rings. The second kappa shape index (κ2) is 9.50. The molecule has 1 aliphatic rings. The summed E-state index contributed by atoms with van der Waals surface area (Å²) in [6.07, 6.45) is 9.37. The van der Waals surface area contributed by atoms with Crippen molar-refractivity contribution >= 4 is 15.9 Å². The van der Waals surface area contributed by atoms with Crippen LogP contribution >= 0.6 is 0 Å². The van der Waals surface area contributed by atoms with Crippen molar-refractivity contribution in [1.29, 1.82) is 0 Å². The fourth-order valence-electron chi connectivity index (χ4n) is 3.26. The van der Waals surface area contributed by atoms with Crippen LogP contribution in [0.1, 0.15) is 65.2 Å². The second-order valence-corrected chi connectivity index (χ2v) is 8.26. The van der Waals surface area contributed by atoms with Crippen molar-refractivity contribution in [1.82, 2.24) is 9.62 Å². The van der Waals surface area contributed by atoms with E-state index in [1.807, 2.05) is 13.8 Å². The number of hydrogen-bond acceptors (Lipinski definition) is 3. The number of hydrogen-bond donors (Lipinski definition) is 1. The van der Waals surface area contributed by atoms with Crippen LogP contribution in [-0.2, 0) is 14.8 Å². The van der Waals surface area contributed by atoms with Crippen LogP contribution in [0.2, 0.25) is 0 Å². The van der Waals surface area contributed by atoms with Crippen LogP contribution < -0.4 is 5.32 Å². The summed E-state index contributed by atoms with van der Waals surface area (Å²) >= 11 is 0. The van der Waals surface area contributed by atoms with Gasteiger partial charge in [0, 0.05) is 25.0 Å². The molecule has 1 rings (SSSR count). The Morgan fingerprint density at radius 2 is 1.68 bits per heavy atom. The van der Waals surface area contributed by atoms with Crippen LogP contribution in [0.3, 0.4) is 0 Å². The highest BCUT2D eigenvalue weighted by Gasteiger charge is 2.27. The van der Waals surface area contributed by atoms with Gasteiger partial charge in [-0.1, -0.05) is 39.5 Å². The first kappa shape index (κ1) is 19.4. The van der Waals surface area contributed by atoms with E-state index >= 15 is 0 Å². The molecule has 0 radical (unpaired) electrons. The molecule has 0 bridgehead atoms. The Hall–Kier alpha value is -0.620. The molecule has 0 saturated heterocycles. The fraction of sp³-hybridized carbons (Fsp3) is 0.938. The van der Waals surface area contributed by atoms with Gasteiger partial charge in [-0.3, -0.25) is 4.79 Å². The molecule has 0 spiro atoms. The molecule has 0 aromatic carbocycles. The molecule has 1 aliphatic carbocycles. The first-order chi connectivity index (χ1) is 10.4. The van der Waals surface area contributed by atoms with Gasteiger partial charge in [0.25, 0.3) is 0 Å². The van der Waals surface area contributed by atoms with Crippen molar-refractivity contribution in [2.45, 2.75) is 71.3 Å². The molecular weight excluding hydrogens is 300 g/mol. The molecule has 0 aliphatic heterocycles. The van der Waals surface area contributed by atoms with Gasteiger partial charge in [0.15, 0.2) is 0 Å². The molecule has 1 saturated carbocycles. The Labute approximate surface area is 135 Å². The number of nitrogens with zero attached hydrogens (tertiary/aromatic N) is 1. The third-order valence-corrected chi connectivity index (χ3v) is 5.98. The van der Waals surface area contributed by atoms with E-state index in [4.69, 9.17) is 0 Å². The number of carbonyl (C=O) groups is 1. The molecule has 1 N–H and O–H groups in total. The highest BCUT2D eigenvalue weighted by atomic mass is 32.2. The van der Waals surface area contributed by atoms with Gasteiger partial charge < -0.3 is 5.32 Å². The Balaban J connectivity index is 2.57. The molecule has 130 valence electrons. The monoisotopic (exact) mass is 332 g/mol. The van der Waals surface area contributed by atoms with E-state index in [1.165, 1.54) is 19.1 Å². The van der Waals surface area contributed by atoms with E-state index in [0.29, 0.717) is 13.1 Å². The van der Waals surface area contributed by atoms with Crippen LogP contribution in [0.25, 0.3) is 0 Å². The summed E-state index contributed by atoms with van der Waals surface area (Å²) in [5.41, 5.74) is 0. The molecular formula is C16H32N2O3S. The van der Waals surface area contributed by atoms with Crippen molar-refractivity contribution in [2.24, 2.45) is 5.92 Å². The summed E-state index contributed by atoms with van der Waals surface area (Å²) in [7, 11) is -3.23. The zero-order chi connectivity index (χ0) is 16.6. The van der Waals surface area contributed by atoms with Crippen molar-refractivity contribution in [3.05, 3.63) is 0 Å². The molecule has 0 heterocycles. The van der Waals surface area contributed by atoms with Gasteiger partial charge in [-0.15, -0.1) is 0 Å². The van der Waals surface area contributed by atoms with Crippen molar-refractivity contribution in [3.63, 3.8) is 0 Å². The Bertz CT molecular complexity index is 425. The first-order valence-corrected chi connectivity index (χ1v) is 10.5. The van der Waals surface area contributed by atoms with Gasteiger partial charge in [0.2, 0.25) is 15.9 Å². The third kappa shape index (κ3) is 6.24. The van der Waals surface area contributed by atoms with E-state index < -0.39 is 10.0 Å². The minimum absolute atomic E-state index is 0.0320. The molecule has 22 heavy (non-hydrogen) atoms. The van der Waals surface area contributed by atoms with Crippen molar-refractivity contribution in [3.8, 4) is 0 Å². The Morgan fingerprint density at radius 3 is 2.14 bits per heavy atom. The average Bonchev–Trinajstić information content (AvgIpc) is 2.72. The van der Waals surface area contributed by atoms with E-state index in [-0.39, 0.29) is 17.9 Å². The Morgan fingerprint density at radius 1 is 1.14 bits per heavy atom. The predicted molar refractivity (Wildman–Crippen MR) is 90.1 cm³/mol. The zero-order valence-electron chi connectivity index (χ0n) is 14.3. The van der Waals surface area contributed by atoms with E-state index in [0.717, 1.165) is 38.5 Å². The molecule has 6 heteroatoms. The molecule has 1 amide bonds. The number of sulfonamides is 1. The van der Waals surface area contributed by atoms with E-state index in [1.54, 1.807) is 4.31 Å². The summed E-state index contributed by atoms with van der Waals surface area (Å²) in [5.74, 6) is 0.0730. The smallest absolute Gasteiger partial charge is 0.223 e. The highest BCUT2D eigenvalue weighted by molar-refractivity contribution is 7.88. The summed E-state index contributed by atoms with van der Waals surface area (Å²) in [6, 6.07) is 0.0996. The number of amides is 1. The molecule has 0 atom stereocenters. The second-order valence-electron chi connectivity index (χ2n) is 6.32. The lowest BCUT2D eigenvalue weighted by Crippen LogP contribution is -2.44. The van der Waals surface area contributed by atoms with Gasteiger partial charge in [-0.05, 0) is 25.7 Å². The highest BCUT2D eigenvalue weighted by Crippen LogP contribution is 2.23. The van der Waals surface area contributed by atoms with Gasteiger partial charge in [0.05, 0.1) is 6.26 Å². The molecule has 0 unspecified atom stereocenters. The van der Waals surface area contributed by atoms with Gasteiger partial charge in [0.1, 0.15) is 0 Å². The standard InChI is InChI=1S/C16H32N2O3S/c1-4-14(5-2)16(19)17-12-13-18(22(3,20)21)15-10-8-6-7-9-11-15/h14-15H,4-13H2,1-3H3,(H,17,19). The first-order valence-electron chi connectivity index (χ1n) is 8.64. The minimum Gasteiger partial charge on any atom is -0.355 e. The van der Waals surface area contributed by atoms with Crippen LogP contribution in [0, 0.1) is 5.92 Å². The fourth-order valence-corrected chi connectivity index (χ4v) is 4.43. The van der Waals surface area contributed by atoms with Gasteiger partial charge in [-0.25, -0.2) is 8.42 Å². The number of nitrogens with one attached hydrogen (secondary N) is 1. The quantitative estimate of drug-likeness (QED) is 0.695. The van der Waals surface area contributed by atoms with Crippen LogP contribution in [0.5, 0.6) is 0 Å². The van der Waals surface area contributed by atoms with E-state index in [2.05, 4.69) is 5.32 Å². The van der Waals surface area contributed by atoms with Crippen molar-refractivity contribution < 1.29 is 13.2 Å². The minimum atomic E-state index is -3.23. The topological polar surface area (TPSA) is 66.5 Å². The predicted octanol–water partition coefficient (Wildman–Crippen LogP) is 2.52. The SMILES string of the molecule is CCC(CC)C(=O)NCCN(C1CCCCCC1)S(C)(=O)=O. The maximum atomic E-state index is 12.1. The summed E-state index contributed by atoms with van der Waals surface area (Å²) in [4.78, 5) is 12.0. The number of carbonyl (C=O) groups excluding carboxylic acids is 1. The van der Waals surface area contributed by atoms with Crippen LogP contribution in [0.4, 0.5) is 0 Å². The van der Waals surface area contributed by atoms with E-state index in [9.17, 15) is 13.2 Å². The van der Waals surface area contributed by atoms with Crippen LogP contribution in [0.15, 0.2) is 0 Å². The van der Waals surface area contributed by atoms with Crippen LogP contribution in [-0.4, -0.2) is 44.0 Å². The maximum Gasteiger partial charge on any atom is 0.223 e. The van der Waals surface area contributed by atoms with Crippen molar-refractivity contribution in [2.75, 3.05) is 19.3 Å². The Kier molecular flexibility index (Phi) is 8.39. The molecule has 5 nitrogen and oxygen atoms in total. The summed E-state index contributed by atoms with van der Waals surface area (Å²) in [5, 5.41) is 2.90. The molecule has 0 aromatic rings. The average molecular weight is 333 g/mol. The third-order valence-electron chi connectivity index (χ3n) is 4.65. The summed E-state index contributed by atoms with van der Waals surface area (Å²) in [6.45, 7) is 4.79. The number of rotatable bonds is 8. The van der Waals surface area contributed by atoms with Gasteiger partial charge in [-0.2, -0.15) is 4.31 Å². The summed E-state index contributed by atoms with van der Waals surface area (Å²) < 4.78 is 25.8. The lowest BCUT2D eigenvalue weighted by Gasteiger charge is -2.29.